The maximum absolute atomic E-state index is 11.1. The van der Waals surface area contributed by atoms with Gasteiger partial charge in [0.1, 0.15) is 6.61 Å². The van der Waals surface area contributed by atoms with Crippen LogP contribution < -0.4 is 5.73 Å². The number of carbonyl (C=O) groups is 1. The number of carbonyl (C=O) groups excluding carboxylic acids is 1. The molecule has 0 radical (unpaired) electrons. The van der Waals surface area contributed by atoms with Gasteiger partial charge in [-0.1, -0.05) is 11.8 Å². The zero-order chi connectivity index (χ0) is 11.3. The molecule has 0 aliphatic heterocycles. The van der Waals surface area contributed by atoms with Crippen LogP contribution in [-0.2, 0) is 4.74 Å². The fraction of sp³-hybridized carbons (Fsp3) is 0.200. The van der Waals surface area contributed by atoms with E-state index in [9.17, 15) is 4.79 Å². The number of pyridine rings is 1. The Bertz CT molecular complexity index is 432. The molecule has 5 heteroatoms. The summed E-state index contributed by atoms with van der Waals surface area (Å²) in [4.78, 5) is 14.9. The molecular formula is C10H10N2O3. The minimum Gasteiger partial charge on any atom is -0.464 e. The van der Waals surface area contributed by atoms with Gasteiger partial charge in [0.05, 0.1) is 12.8 Å². The molecule has 1 aromatic heterocycles. The topological polar surface area (TPSA) is 85.4 Å². The third kappa shape index (κ3) is 2.69. The number of ether oxygens (including phenoxy) is 1. The molecule has 78 valence electrons. The van der Waals surface area contributed by atoms with Crippen molar-refractivity contribution in [2.24, 2.45) is 0 Å². The van der Waals surface area contributed by atoms with E-state index in [1.807, 2.05) is 0 Å². The first-order valence-electron chi connectivity index (χ1n) is 4.12. The minimum absolute atomic E-state index is 0.0621. The van der Waals surface area contributed by atoms with E-state index in [1.165, 1.54) is 19.4 Å². The maximum Gasteiger partial charge on any atom is 0.358 e. The number of esters is 1. The van der Waals surface area contributed by atoms with Crippen molar-refractivity contribution >= 4 is 11.7 Å². The van der Waals surface area contributed by atoms with Gasteiger partial charge < -0.3 is 15.6 Å². The lowest BCUT2D eigenvalue weighted by Crippen LogP contribution is -2.08. The van der Waals surface area contributed by atoms with Gasteiger partial charge in [-0.2, -0.15) is 0 Å². The Morgan fingerprint density at radius 1 is 1.73 bits per heavy atom. The van der Waals surface area contributed by atoms with Crippen LogP contribution >= 0.6 is 0 Å². The number of nitrogens with two attached hydrogens (primary N) is 1. The van der Waals surface area contributed by atoms with Crippen LogP contribution in [0.25, 0.3) is 0 Å². The molecule has 1 heterocycles. The van der Waals surface area contributed by atoms with E-state index < -0.39 is 5.97 Å². The highest BCUT2D eigenvalue weighted by atomic mass is 16.5. The van der Waals surface area contributed by atoms with Gasteiger partial charge in [0.2, 0.25) is 0 Å². The Morgan fingerprint density at radius 3 is 3.00 bits per heavy atom. The molecule has 0 saturated carbocycles. The molecule has 0 aromatic carbocycles. The van der Waals surface area contributed by atoms with Gasteiger partial charge in [0.25, 0.3) is 0 Å². The summed E-state index contributed by atoms with van der Waals surface area (Å²) in [6.45, 7) is -0.237. The van der Waals surface area contributed by atoms with Crippen LogP contribution in [0.15, 0.2) is 12.3 Å². The fourth-order valence-electron chi connectivity index (χ4n) is 0.959. The van der Waals surface area contributed by atoms with Crippen LogP contribution in [0.1, 0.15) is 16.1 Å². The van der Waals surface area contributed by atoms with Gasteiger partial charge in [-0.15, -0.1) is 0 Å². The van der Waals surface area contributed by atoms with E-state index in [4.69, 9.17) is 10.8 Å². The quantitative estimate of drug-likeness (QED) is 0.490. The molecule has 0 spiro atoms. The predicted molar refractivity (Wildman–Crippen MR) is 54.0 cm³/mol. The summed E-state index contributed by atoms with van der Waals surface area (Å²) >= 11 is 0. The van der Waals surface area contributed by atoms with Crippen molar-refractivity contribution in [3.63, 3.8) is 0 Å². The van der Waals surface area contributed by atoms with Crippen LogP contribution in [0, 0.1) is 11.8 Å². The summed E-state index contributed by atoms with van der Waals surface area (Å²) in [5, 5.41) is 8.48. The lowest BCUT2D eigenvalue weighted by atomic mass is 10.2. The van der Waals surface area contributed by atoms with E-state index in [1.54, 1.807) is 0 Å². The van der Waals surface area contributed by atoms with Crippen molar-refractivity contribution < 1.29 is 14.6 Å². The summed E-state index contributed by atoms with van der Waals surface area (Å²) in [7, 11) is 1.25. The van der Waals surface area contributed by atoms with Gasteiger partial charge in [0.15, 0.2) is 5.69 Å². The Labute approximate surface area is 86.9 Å². The second-order valence-electron chi connectivity index (χ2n) is 2.61. The Balaban J connectivity index is 3.03. The molecule has 0 saturated heterocycles. The SMILES string of the molecule is COC(=O)c1ncc(C#CCO)cc1N. The lowest BCUT2D eigenvalue weighted by Gasteiger charge is -2.02. The number of nitrogens with zero attached hydrogens (tertiary/aromatic N) is 1. The third-order valence-corrected chi connectivity index (χ3v) is 1.61. The van der Waals surface area contributed by atoms with E-state index in [2.05, 4.69) is 21.6 Å². The third-order valence-electron chi connectivity index (χ3n) is 1.61. The molecule has 1 rings (SSSR count). The van der Waals surface area contributed by atoms with Crippen molar-refractivity contribution in [2.75, 3.05) is 19.5 Å². The monoisotopic (exact) mass is 206 g/mol. The molecule has 3 N–H and O–H groups in total. The second kappa shape index (κ2) is 4.98. The first kappa shape index (κ1) is 11.0. The zero-order valence-corrected chi connectivity index (χ0v) is 8.15. The molecule has 15 heavy (non-hydrogen) atoms. The van der Waals surface area contributed by atoms with Crippen molar-refractivity contribution in [2.45, 2.75) is 0 Å². The average molecular weight is 206 g/mol. The summed E-state index contributed by atoms with van der Waals surface area (Å²) in [5.41, 5.74) is 6.37. The van der Waals surface area contributed by atoms with Crippen LogP contribution in [0.5, 0.6) is 0 Å². The van der Waals surface area contributed by atoms with E-state index in [0.29, 0.717) is 5.56 Å². The van der Waals surface area contributed by atoms with Crippen molar-refractivity contribution in [3.8, 4) is 11.8 Å². The number of anilines is 1. The first-order valence-corrected chi connectivity index (χ1v) is 4.12. The summed E-state index contributed by atoms with van der Waals surface area (Å²) in [5.74, 6) is 4.48. The van der Waals surface area contributed by atoms with Crippen molar-refractivity contribution in [3.05, 3.63) is 23.5 Å². The number of hydrogen-bond donors (Lipinski definition) is 2. The van der Waals surface area contributed by atoms with Crippen LogP contribution in [0.4, 0.5) is 5.69 Å². The van der Waals surface area contributed by atoms with Crippen LogP contribution in [-0.4, -0.2) is 29.8 Å². The van der Waals surface area contributed by atoms with Gasteiger partial charge in [-0.25, -0.2) is 9.78 Å². The molecule has 0 fully saturated rings. The van der Waals surface area contributed by atoms with Gasteiger partial charge >= 0.3 is 5.97 Å². The lowest BCUT2D eigenvalue weighted by molar-refractivity contribution is 0.0595. The molecule has 0 aliphatic rings. The Morgan fingerprint density at radius 2 is 2.47 bits per heavy atom. The number of rotatable bonds is 1. The van der Waals surface area contributed by atoms with Crippen LogP contribution in [0.2, 0.25) is 0 Å². The molecule has 0 bridgehead atoms. The fourth-order valence-corrected chi connectivity index (χ4v) is 0.959. The highest BCUT2D eigenvalue weighted by Crippen LogP contribution is 2.11. The van der Waals surface area contributed by atoms with Gasteiger partial charge in [-0.3, -0.25) is 0 Å². The number of aromatic nitrogens is 1. The number of hydrogen-bond acceptors (Lipinski definition) is 5. The average Bonchev–Trinajstić information content (AvgIpc) is 2.25. The zero-order valence-electron chi connectivity index (χ0n) is 8.15. The smallest absolute Gasteiger partial charge is 0.358 e. The standard InChI is InChI=1S/C10H10N2O3/c1-15-10(14)9-8(11)5-7(6-12-9)3-2-4-13/h5-6,13H,4,11H2,1H3. The summed E-state index contributed by atoms with van der Waals surface area (Å²) < 4.78 is 4.48. The largest absolute Gasteiger partial charge is 0.464 e. The molecule has 0 aliphatic carbocycles. The Kier molecular flexibility index (Phi) is 3.66. The summed E-state index contributed by atoms with van der Waals surface area (Å²) in [6.07, 6.45) is 1.39. The molecular weight excluding hydrogens is 196 g/mol. The van der Waals surface area contributed by atoms with Gasteiger partial charge in [-0.05, 0) is 6.07 Å². The van der Waals surface area contributed by atoms with Crippen LogP contribution in [0.3, 0.4) is 0 Å². The van der Waals surface area contributed by atoms with Crippen molar-refractivity contribution in [1.29, 1.82) is 0 Å². The highest BCUT2D eigenvalue weighted by Gasteiger charge is 2.11. The second-order valence-corrected chi connectivity index (χ2v) is 2.61. The number of aliphatic hydroxyl groups excluding tert-OH is 1. The van der Waals surface area contributed by atoms with E-state index in [-0.39, 0.29) is 18.0 Å². The molecule has 1 aromatic rings. The van der Waals surface area contributed by atoms with Crippen molar-refractivity contribution in [1.82, 2.24) is 4.98 Å². The normalized spacial score (nSPS) is 8.93. The molecule has 0 atom stereocenters. The van der Waals surface area contributed by atoms with E-state index in [0.717, 1.165) is 0 Å². The molecule has 0 amide bonds. The molecule has 0 unspecified atom stereocenters. The summed E-state index contributed by atoms with van der Waals surface area (Å²) in [6, 6.07) is 1.50. The number of nitrogen functional groups attached to an aromatic ring is 1. The number of methoxy groups -OCH3 is 1. The van der Waals surface area contributed by atoms with Gasteiger partial charge in [0, 0.05) is 11.8 Å². The maximum atomic E-state index is 11.1. The highest BCUT2D eigenvalue weighted by molar-refractivity contribution is 5.92. The Hall–Kier alpha value is -2.06. The van der Waals surface area contributed by atoms with E-state index >= 15 is 0 Å². The predicted octanol–water partition coefficient (Wildman–Crippen LogP) is -0.206. The molecule has 5 nitrogen and oxygen atoms in total. The number of aliphatic hydroxyl groups is 1. The minimum atomic E-state index is -0.589. The first-order chi connectivity index (χ1) is 7.19.